The Kier molecular flexibility index (Phi) is 5.28. The van der Waals surface area contributed by atoms with Gasteiger partial charge in [-0.3, -0.25) is 4.79 Å². The molecule has 26 heavy (non-hydrogen) atoms. The quantitative estimate of drug-likeness (QED) is 0.604. The Morgan fingerprint density at radius 3 is 2.35 bits per heavy atom. The summed E-state index contributed by atoms with van der Waals surface area (Å²) in [6, 6.07) is 8.79. The molecule has 4 nitrogen and oxygen atoms in total. The minimum atomic E-state index is -0.323. The van der Waals surface area contributed by atoms with Crippen LogP contribution in [0.4, 0.5) is 5.69 Å². The largest absolute Gasteiger partial charge is 0.496 e. The van der Waals surface area contributed by atoms with Gasteiger partial charge in [-0.05, 0) is 43.7 Å². The summed E-state index contributed by atoms with van der Waals surface area (Å²) >= 11 is 18.4. The van der Waals surface area contributed by atoms with Crippen molar-refractivity contribution < 1.29 is 9.53 Å². The Hall–Kier alpha value is -2.01. The lowest BCUT2D eigenvalue weighted by atomic mass is 10.0. The highest BCUT2D eigenvalue weighted by molar-refractivity contribution is 6.44. The highest BCUT2D eigenvalue weighted by atomic mass is 35.5. The third-order valence-electron chi connectivity index (χ3n) is 3.94. The summed E-state index contributed by atoms with van der Waals surface area (Å²) in [6.07, 6.45) is 1.75. The van der Waals surface area contributed by atoms with Gasteiger partial charge in [0.15, 0.2) is 0 Å². The fourth-order valence-electron chi connectivity index (χ4n) is 2.67. The molecule has 0 fully saturated rings. The second-order valence-electron chi connectivity index (χ2n) is 5.82. The summed E-state index contributed by atoms with van der Waals surface area (Å²) in [4.78, 5) is 12.9. The third-order valence-corrected chi connectivity index (χ3v) is 4.74. The molecule has 0 N–H and O–H groups in total. The second-order valence-corrected chi connectivity index (χ2v) is 7.07. The van der Waals surface area contributed by atoms with Crippen LogP contribution in [-0.2, 0) is 4.79 Å². The van der Waals surface area contributed by atoms with Crippen LogP contribution >= 0.6 is 34.8 Å². The van der Waals surface area contributed by atoms with E-state index in [1.807, 2.05) is 25.1 Å². The summed E-state index contributed by atoms with van der Waals surface area (Å²) < 4.78 is 5.40. The zero-order chi connectivity index (χ0) is 19.0. The Morgan fingerprint density at radius 1 is 1.08 bits per heavy atom. The van der Waals surface area contributed by atoms with Crippen molar-refractivity contribution in [3.05, 3.63) is 62.1 Å². The first-order valence-electron chi connectivity index (χ1n) is 7.72. The van der Waals surface area contributed by atoms with E-state index in [9.17, 15) is 4.79 Å². The van der Waals surface area contributed by atoms with Crippen molar-refractivity contribution in [2.24, 2.45) is 5.10 Å². The van der Waals surface area contributed by atoms with Crippen LogP contribution in [0.2, 0.25) is 15.1 Å². The number of anilines is 1. The average molecular weight is 410 g/mol. The number of rotatable bonds is 3. The lowest BCUT2D eigenvalue weighted by molar-refractivity contribution is -0.114. The van der Waals surface area contributed by atoms with Crippen molar-refractivity contribution in [2.45, 2.75) is 13.8 Å². The van der Waals surface area contributed by atoms with Gasteiger partial charge < -0.3 is 4.74 Å². The molecule has 134 valence electrons. The molecule has 0 bridgehead atoms. The van der Waals surface area contributed by atoms with Crippen LogP contribution in [0.5, 0.6) is 5.75 Å². The van der Waals surface area contributed by atoms with Crippen molar-refractivity contribution in [1.82, 2.24) is 0 Å². The van der Waals surface area contributed by atoms with E-state index in [0.717, 1.165) is 11.1 Å². The summed E-state index contributed by atoms with van der Waals surface area (Å²) in [6.45, 7) is 3.72. The van der Waals surface area contributed by atoms with Crippen molar-refractivity contribution in [3.63, 3.8) is 0 Å². The van der Waals surface area contributed by atoms with E-state index in [0.29, 0.717) is 27.7 Å². The van der Waals surface area contributed by atoms with Gasteiger partial charge in [-0.25, -0.2) is 0 Å². The molecule has 2 aromatic carbocycles. The van der Waals surface area contributed by atoms with E-state index in [4.69, 9.17) is 39.5 Å². The molecule has 0 spiro atoms. The van der Waals surface area contributed by atoms with Gasteiger partial charge in [0.2, 0.25) is 0 Å². The monoisotopic (exact) mass is 408 g/mol. The topological polar surface area (TPSA) is 41.9 Å². The SMILES string of the molecule is COc1cc(C)ccc1/C=C1\C(=O)N(c2c(Cl)cc(Cl)cc2Cl)N=C1C. The van der Waals surface area contributed by atoms with Crippen LogP contribution in [0.3, 0.4) is 0 Å². The van der Waals surface area contributed by atoms with Gasteiger partial charge in [0.1, 0.15) is 11.4 Å². The van der Waals surface area contributed by atoms with E-state index in [-0.39, 0.29) is 16.0 Å². The number of amides is 1. The number of aryl methyl sites for hydroxylation is 1. The Bertz CT molecular complexity index is 944. The van der Waals surface area contributed by atoms with Gasteiger partial charge in [-0.1, -0.05) is 46.9 Å². The molecule has 0 radical (unpaired) electrons. The van der Waals surface area contributed by atoms with Crippen LogP contribution in [-0.4, -0.2) is 18.7 Å². The van der Waals surface area contributed by atoms with Crippen LogP contribution in [0.1, 0.15) is 18.1 Å². The first-order chi connectivity index (χ1) is 12.3. The third kappa shape index (κ3) is 3.45. The number of carbonyl (C=O) groups is 1. The highest BCUT2D eigenvalue weighted by Crippen LogP contribution is 2.39. The summed E-state index contributed by atoms with van der Waals surface area (Å²) in [5.41, 5.74) is 3.15. The molecule has 0 saturated carbocycles. The molecule has 1 heterocycles. The van der Waals surface area contributed by atoms with Gasteiger partial charge in [0.25, 0.3) is 5.91 Å². The van der Waals surface area contributed by atoms with Gasteiger partial charge in [-0.2, -0.15) is 10.1 Å². The zero-order valence-electron chi connectivity index (χ0n) is 14.3. The van der Waals surface area contributed by atoms with E-state index in [1.54, 1.807) is 20.1 Å². The number of hydrogen-bond donors (Lipinski definition) is 0. The van der Waals surface area contributed by atoms with Crippen LogP contribution < -0.4 is 9.75 Å². The van der Waals surface area contributed by atoms with Gasteiger partial charge in [-0.15, -0.1) is 0 Å². The molecule has 2 aromatic rings. The fourth-order valence-corrected chi connectivity index (χ4v) is 3.64. The van der Waals surface area contributed by atoms with E-state index in [2.05, 4.69) is 5.10 Å². The smallest absolute Gasteiger partial charge is 0.280 e. The average Bonchev–Trinajstić information content (AvgIpc) is 2.83. The van der Waals surface area contributed by atoms with Gasteiger partial charge in [0.05, 0.1) is 28.4 Å². The number of nitrogens with zero attached hydrogens (tertiary/aromatic N) is 2. The molecule has 1 aliphatic heterocycles. The molecule has 0 aromatic heterocycles. The number of methoxy groups -OCH3 is 1. The molecule has 0 unspecified atom stereocenters. The standard InChI is InChI=1S/C19H15Cl3N2O2/c1-10-4-5-12(17(6-10)26-3)7-14-11(2)23-24(19(14)25)18-15(21)8-13(20)9-16(18)22/h4-9H,1-3H3/b14-7-. The molecule has 0 saturated heterocycles. The molecule has 7 heteroatoms. The lowest BCUT2D eigenvalue weighted by Gasteiger charge is -2.15. The predicted octanol–water partition coefficient (Wildman–Crippen LogP) is 5.77. The summed E-state index contributed by atoms with van der Waals surface area (Å²) in [5, 5.41) is 6.41. The van der Waals surface area contributed by atoms with E-state index >= 15 is 0 Å². The fraction of sp³-hybridized carbons (Fsp3) is 0.158. The van der Waals surface area contributed by atoms with Crippen molar-refractivity contribution in [2.75, 3.05) is 12.1 Å². The second kappa shape index (κ2) is 7.31. The van der Waals surface area contributed by atoms with Crippen LogP contribution in [0, 0.1) is 6.92 Å². The normalized spacial score (nSPS) is 15.6. The van der Waals surface area contributed by atoms with Crippen molar-refractivity contribution >= 4 is 58.2 Å². The molecule has 1 aliphatic rings. The number of ether oxygens (including phenoxy) is 1. The predicted molar refractivity (Wildman–Crippen MR) is 108 cm³/mol. The first-order valence-corrected chi connectivity index (χ1v) is 8.86. The minimum absolute atomic E-state index is 0.251. The van der Waals surface area contributed by atoms with Crippen molar-refractivity contribution in [3.8, 4) is 5.75 Å². The molecule has 3 rings (SSSR count). The number of hydrogen-bond acceptors (Lipinski definition) is 3. The lowest BCUT2D eigenvalue weighted by Crippen LogP contribution is -2.22. The summed E-state index contributed by atoms with van der Waals surface area (Å²) in [5.74, 6) is 0.357. The minimum Gasteiger partial charge on any atom is -0.496 e. The van der Waals surface area contributed by atoms with E-state index < -0.39 is 0 Å². The van der Waals surface area contributed by atoms with E-state index in [1.165, 1.54) is 17.1 Å². The van der Waals surface area contributed by atoms with Crippen LogP contribution in [0.15, 0.2) is 41.0 Å². The molecular formula is C19H15Cl3N2O2. The maximum atomic E-state index is 12.9. The maximum Gasteiger partial charge on any atom is 0.280 e. The zero-order valence-corrected chi connectivity index (χ0v) is 16.6. The summed E-state index contributed by atoms with van der Waals surface area (Å²) in [7, 11) is 1.59. The van der Waals surface area contributed by atoms with Gasteiger partial charge >= 0.3 is 0 Å². The first kappa shape index (κ1) is 18.8. The number of carbonyl (C=O) groups excluding carboxylic acids is 1. The van der Waals surface area contributed by atoms with Gasteiger partial charge in [0, 0.05) is 10.6 Å². The number of halogens is 3. The molecule has 0 atom stereocenters. The Morgan fingerprint density at radius 2 is 1.73 bits per heavy atom. The Balaban J connectivity index is 2.05. The van der Waals surface area contributed by atoms with Crippen LogP contribution in [0.25, 0.3) is 6.08 Å². The maximum absolute atomic E-state index is 12.9. The number of benzene rings is 2. The number of hydrazone groups is 1. The molecular weight excluding hydrogens is 395 g/mol. The van der Waals surface area contributed by atoms with Crippen molar-refractivity contribution in [1.29, 1.82) is 0 Å². The Labute approximate surface area is 166 Å². The molecule has 0 aliphatic carbocycles. The molecule has 1 amide bonds. The highest BCUT2D eigenvalue weighted by Gasteiger charge is 2.31.